The third-order valence-electron chi connectivity index (χ3n) is 12.7. The summed E-state index contributed by atoms with van der Waals surface area (Å²) in [7, 11) is 1.51. The van der Waals surface area contributed by atoms with E-state index in [0.717, 1.165) is 18.4 Å². The van der Waals surface area contributed by atoms with Crippen LogP contribution in [0.25, 0.3) is 28.1 Å². The minimum Gasteiger partial charge on any atom is -0.492 e. The van der Waals surface area contributed by atoms with Gasteiger partial charge in [-0.1, -0.05) is 49.4 Å². The number of carbonyl (C=O) groups excluding carboxylic acids is 5. The Hall–Kier alpha value is -6.60. The first-order valence-corrected chi connectivity index (χ1v) is 23.6. The molecule has 0 radical (unpaired) electrons. The van der Waals surface area contributed by atoms with Crippen molar-refractivity contribution in [2.45, 2.75) is 97.1 Å². The predicted molar refractivity (Wildman–Crippen MR) is 260 cm³/mol. The zero-order valence-electron chi connectivity index (χ0n) is 39.6. The molecule has 0 saturated heterocycles. The third kappa shape index (κ3) is 12.3. The van der Waals surface area contributed by atoms with Crippen LogP contribution >= 0.6 is 0 Å². The fourth-order valence-electron chi connectivity index (χ4n) is 9.15. The largest absolute Gasteiger partial charge is 0.492 e. The number of benzene rings is 3. The third-order valence-corrected chi connectivity index (χ3v) is 12.7. The number of ether oxygens (including phenoxy) is 2. The summed E-state index contributed by atoms with van der Waals surface area (Å²) in [5.74, 6) is -2.65. The number of hydrogen-bond donors (Lipinski definition) is 4. The van der Waals surface area contributed by atoms with Gasteiger partial charge in [0, 0.05) is 74.3 Å². The molecule has 0 fully saturated rings. The van der Waals surface area contributed by atoms with Crippen molar-refractivity contribution in [3.63, 3.8) is 0 Å². The van der Waals surface area contributed by atoms with Gasteiger partial charge < -0.3 is 36.9 Å². The summed E-state index contributed by atoms with van der Waals surface area (Å²) in [5.41, 5.74) is 24.6. The number of carbonyl (C=O) groups is 5. The Bertz CT molecular complexity index is 2540. The minimum absolute atomic E-state index is 0.0309. The van der Waals surface area contributed by atoms with Crippen molar-refractivity contribution in [3.05, 3.63) is 100 Å². The van der Waals surface area contributed by atoms with Gasteiger partial charge in [0.05, 0.1) is 29.1 Å². The Morgan fingerprint density at radius 1 is 0.868 bits per heavy atom. The lowest BCUT2D eigenvalue weighted by Gasteiger charge is -2.32. The number of Topliss-reactive ketones (excluding diaryl/α,β-unsaturated/α-hetero) is 3. The number of nitrogens with zero attached hydrogens (tertiary/aromatic N) is 4. The predicted octanol–water partition coefficient (Wildman–Crippen LogP) is 6.31. The first-order valence-electron chi connectivity index (χ1n) is 23.6. The van der Waals surface area contributed by atoms with Gasteiger partial charge in [0.1, 0.15) is 30.8 Å². The first-order chi connectivity index (χ1) is 32.8. The molecule has 0 unspecified atom stereocenters. The molecule has 7 N–H and O–H groups in total. The second kappa shape index (κ2) is 23.9. The number of amides is 2. The number of likely N-dealkylation sites (N-methyl/N-ethyl adjacent to an activating group) is 1. The molecule has 0 saturated carbocycles. The lowest BCUT2D eigenvalue weighted by Crippen LogP contribution is -2.46. The molecular weight excluding hydrogens is 861 g/mol. The molecule has 4 bridgehead atoms. The molecule has 0 spiro atoms. The highest BCUT2D eigenvalue weighted by molar-refractivity contribution is 6.01. The van der Waals surface area contributed by atoms with Crippen LogP contribution in [0.4, 0.5) is 0 Å². The van der Waals surface area contributed by atoms with Gasteiger partial charge in [0.2, 0.25) is 11.8 Å². The van der Waals surface area contributed by atoms with Gasteiger partial charge in [-0.05, 0) is 105 Å². The fourth-order valence-corrected chi connectivity index (χ4v) is 9.15. The number of ketones is 3. The van der Waals surface area contributed by atoms with Gasteiger partial charge in [0.15, 0.2) is 23.2 Å². The highest BCUT2D eigenvalue weighted by Gasteiger charge is 2.36. The zero-order valence-corrected chi connectivity index (χ0v) is 39.6. The highest BCUT2D eigenvalue weighted by atomic mass is 16.5. The lowest BCUT2D eigenvalue weighted by molar-refractivity contribution is -0.142. The average Bonchev–Trinajstić information content (AvgIpc) is 3.33. The summed E-state index contributed by atoms with van der Waals surface area (Å²) >= 11 is 0. The molecule has 15 heteroatoms. The molecule has 1 aliphatic carbocycles. The normalized spacial score (nSPS) is 17.7. The second-order valence-corrected chi connectivity index (χ2v) is 17.7. The summed E-state index contributed by atoms with van der Waals surface area (Å²) in [6.45, 7) is 5.96. The van der Waals surface area contributed by atoms with Crippen molar-refractivity contribution in [1.82, 2.24) is 20.2 Å². The van der Waals surface area contributed by atoms with E-state index in [1.165, 1.54) is 35.9 Å². The smallest absolute Gasteiger partial charge is 0.226 e. The van der Waals surface area contributed by atoms with Crippen molar-refractivity contribution in [2.75, 3.05) is 39.9 Å². The molecule has 3 aromatic carbocycles. The Morgan fingerprint density at radius 2 is 1.51 bits per heavy atom. The van der Waals surface area contributed by atoms with Gasteiger partial charge in [-0.3, -0.25) is 24.0 Å². The highest BCUT2D eigenvalue weighted by Crippen LogP contribution is 2.41. The van der Waals surface area contributed by atoms with Crippen molar-refractivity contribution in [3.8, 4) is 40.1 Å². The average molecular weight is 925 g/mol. The fraction of sp³-hybridized carbons (Fsp3) is 0.434. The maximum absolute atomic E-state index is 14.9. The van der Waals surface area contributed by atoms with Crippen molar-refractivity contribution in [2.24, 2.45) is 29.0 Å². The van der Waals surface area contributed by atoms with Gasteiger partial charge in [-0.25, -0.2) is 9.97 Å². The Kier molecular flexibility index (Phi) is 17.9. The maximum Gasteiger partial charge on any atom is 0.226 e. The lowest BCUT2D eigenvalue weighted by atomic mass is 9.88. The molecule has 358 valence electrons. The van der Waals surface area contributed by atoms with E-state index in [-0.39, 0.29) is 82.9 Å². The summed E-state index contributed by atoms with van der Waals surface area (Å²) < 4.78 is 12.3. The van der Waals surface area contributed by atoms with Crippen LogP contribution in [0.5, 0.6) is 11.5 Å². The Labute approximate surface area is 398 Å². The number of hydrogen-bond acceptors (Lipinski definition) is 13. The second-order valence-electron chi connectivity index (χ2n) is 17.7. The van der Waals surface area contributed by atoms with Crippen LogP contribution in [0.15, 0.2) is 66.7 Å². The number of nitrogens with two attached hydrogens (primary N) is 3. The van der Waals surface area contributed by atoms with Crippen LogP contribution in [0.3, 0.4) is 0 Å². The molecule has 6 rings (SSSR count). The summed E-state index contributed by atoms with van der Waals surface area (Å²) in [5, 5.41) is 12.1. The maximum atomic E-state index is 14.9. The topological polar surface area (TPSA) is 247 Å². The number of fused-ring (bicyclic) bond motifs is 5. The monoisotopic (exact) mass is 924 g/mol. The van der Waals surface area contributed by atoms with Crippen molar-refractivity contribution in [1.29, 1.82) is 5.26 Å². The first kappa shape index (κ1) is 50.8. The van der Waals surface area contributed by atoms with Gasteiger partial charge in [-0.2, -0.15) is 5.26 Å². The number of aryl methyl sites for hydroxylation is 2. The molecule has 4 aromatic rings. The molecule has 2 amide bonds. The van der Waals surface area contributed by atoms with Gasteiger partial charge in [-0.15, -0.1) is 0 Å². The molecule has 2 heterocycles. The molecule has 4 atom stereocenters. The summed E-state index contributed by atoms with van der Waals surface area (Å²) in [6, 6.07) is 18.4. The molecule has 68 heavy (non-hydrogen) atoms. The van der Waals surface area contributed by atoms with E-state index in [4.69, 9.17) is 36.6 Å². The Morgan fingerprint density at radius 3 is 2.13 bits per heavy atom. The number of aromatic nitrogens is 2. The molecular formula is C53H64N8O7. The van der Waals surface area contributed by atoms with E-state index in [0.29, 0.717) is 56.5 Å². The van der Waals surface area contributed by atoms with Gasteiger partial charge in [0.25, 0.3) is 0 Å². The summed E-state index contributed by atoms with van der Waals surface area (Å²) in [4.78, 5) is 82.1. The van der Waals surface area contributed by atoms with E-state index >= 15 is 0 Å². The van der Waals surface area contributed by atoms with Crippen LogP contribution in [0.1, 0.15) is 109 Å². The number of rotatable bonds is 18. The van der Waals surface area contributed by atoms with Crippen molar-refractivity contribution < 1.29 is 33.4 Å². The minimum atomic E-state index is -1.24. The van der Waals surface area contributed by atoms with Crippen LogP contribution in [-0.2, 0) is 25.6 Å². The summed E-state index contributed by atoms with van der Waals surface area (Å²) in [6.07, 6.45) is 6.44. The molecule has 15 nitrogen and oxygen atoms in total. The number of nitrogens with one attached hydrogen (secondary N) is 1. The van der Waals surface area contributed by atoms with E-state index in [1.807, 2.05) is 24.3 Å². The molecule has 1 aliphatic heterocycles. The number of allylic oxidation sites excluding steroid dienone is 2. The van der Waals surface area contributed by atoms with Crippen LogP contribution in [-0.4, -0.2) is 90.0 Å². The standard InChI is InChI=1S/C53H64N8O7/c1-32-27-46(64)50(39-17-19-48(68-26-24-57)42(30-39)41-28-35(12-18-47(41)67-25-23-56)29-43(60-52(32)65)44(62)11-8-21-54)61(4)53(66)40(20-22-55)31-45(63)49-33(2)58-51(59-34(49)3)38-15-13-37(14-16-38)36-9-6-5-7-10-36/h9,12-19,28,30,32,40,43,50H,5-8,10-11,20,22-27,29,31,55-57H2,1-4H3,(H,60,65)/t32-,40-,43+,50+/m1/s1. The van der Waals surface area contributed by atoms with Crippen LogP contribution in [0.2, 0.25) is 0 Å². The van der Waals surface area contributed by atoms with Crippen molar-refractivity contribution >= 4 is 34.7 Å². The zero-order chi connectivity index (χ0) is 48.9. The molecule has 1 aromatic heterocycles. The SMILES string of the molecule is Cc1nc(-c2ccc(C3=CCCCC3)cc2)nc(C)c1C(=O)C[C@@H](CCN)C(=O)N(C)[C@@H]1C(=O)C[C@@H](C)C(=O)N[C@H](C(=O)CCC#N)Cc2ccc(OCCN)c(c2)-c2cc1ccc2OCCN. The van der Waals surface area contributed by atoms with Gasteiger partial charge >= 0.3 is 0 Å². The van der Waals surface area contributed by atoms with E-state index in [1.54, 1.807) is 51.1 Å². The Balaban J connectivity index is 1.36. The van der Waals surface area contributed by atoms with Crippen LogP contribution < -0.4 is 32.0 Å². The van der Waals surface area contributed by atoms with E-state index in [2.05, 4.69) is 23.5 Å². The molecule has 2 aliphatic rings. The van der Waals surface area contributed by atoms with Crippen LogP contribution in [0, 0.1) is 37.0 Å². The van der Waals surface area contributed by atoms with E-state index < -0.39 is 41.5 Å². The van der Waals surface area contributed by atoms with E-state index in [9.17, 15) is 29.2 Å². The quantitative estimate of drug-likeness (QED) is 0.0801. The number of nitriles is 1.